The van der Waals surface area contributed by atoms with Gasteiger partial charge in [0.25, 0.3) is 5.56 Å². The molecule has 2 fully saturated rings. The van der Waals surface area contributed by atoms with Crippen LogP contribution in [0.3, 0.4) is 0 Å². The predicted molar refractivity (Wildman–Crippen MR) is 114 cm³/mol. The van der Waals surface area contributed by atoms with E-state index >= 15 is 0 Å². The van der Waals surface area contributed by atoms with E-state index in [1.165, 1.54) is 6.07 Å². The van der Waals surface area contributed by atoms with Gasteiger partial charge in [0.1, 0.15) is 0 Å². The van der Waals surface area contributed by atoms with Crippen molar-refractivity contribution >= 4 is 32.2 Å². The summed E-state index contributed by atoms with van der Waals surface area (Å²) >= 11 is 0.672. The number of anilines is 1. The fourth-order valence-electron chi connectivity index (χ4n) is 3.97. The number of ether oxygens (including phenoxy) is 1. The van der Waals surface area contributed by atoms with Crippen LogP contribution in [0.1, 0.15) is 49.3 Å². The highest BCUT2D eigenvalue weighted by atomic mass is 32.2. The molecule has 0 bridgehead atoms. The van der Waals surface area contributed by atoms with Gasteiger partial charge in [0.2, 0.25) is 5.91 Å². The first-order valence-electron chi connectivity index (χ1n) is 10.2. The van der Waals surface area contributed by atoms with Gasteiger partial charge in [-0.05, 0) is 51.0 Å². The maximum absolute atomic E-state index is 13.4. The molecule has 1 saturated carbocycles. The Bertz CT molecular complexity index is 1130. The number of aromatic nitrogens is 2. The van der Waals surface area contributed by atoms with Crippen LogP contribution in [0.15, 0.2) is 22.0 Å². The Hall–Kier alpha value is -2.11. The van der Waals surface area contributed by atoms with E-state index in [9.17, 15) is 22.4 Å². The quantitative estimate of drug-likeness (QED) is 0.644. The van der Waals surface area contributed by atoms with Crippen LogP contribution in [0, 0.1) is 18.0 Å². The summed E-state index contributed by atoms with van der Waals surface area (Å²) in [7, 11) is -3.73. The lowest BCUT2D eigenvalue weighted by Gasteiger charge is -2.27. The monoisotopic (exact) mass is 469 g/mol. The van der Waals surface area contributed by atoms with Gasteiger partial charge in [-0.2, -0.15) is 4.39 Å². The van der Waals surface area contributed by atoms with E-state index in [-0.39, 0.29) is 21.5 Å². The Morgan fingerprint density at radius 2 is 2.06 bits per heavy atom. The minimum Gasteiger partial charge on any atom is -0.381 e. The Morgan fingerprint density at radius 3 is 2.68 bits per heavy atom. The topological polar surface area (TPSA) is 118 Å². The summed E-state index contributed by atoms with van der Waals surface area (Å²) in [6.45, 7) is 2.71. The molecule has 1 amide bonds. The van der Waals surface area contributed by atoms with E-state index in [0.717, 1.165) is 6.20 Å². The van der Waals surface area contributed by atoms with Crippen molar-refractivity contribution in [2.24, 2.45) is 5.92 Å². The fraction of sp³-hybridized carbons (Fsp3) is 0.550. The Balaban J connectivity index is 1.77. The van der Waals surface area contributed by atoms with Gasteiger partial charge in [-0.25, -0.2) is 13.4 Å². The van der Waals surface area contributed by atoms with Crippen LogP contribution in [-0.4, -0.2) is 42.8 Å². The third-order valence-corrected chi connectivity index (χ3v) is 8.72. The average Bonchev–Trinajstić information content (AvgIpc) is 3.51. The summed E-state index contributed by atoms with van der Waals surface area (Å²) in [5.41, 5.74) is -0.213. The molecule has 0 aromatic carbocycles. The summed E-state index contributed by atoms with van der Waals surface area (Å²) in [6.07, 6.45) is 3.80. The summed E-state index contributed by atoms with van der Waals surface area (Å²) in [5.74, 6) is -1.49. The molecule has 168 valence electrons. The standard InChI is InChI=1S/C20H24FN3O5S2/c1-11-8-15(31(27,28)13-2-3-13)17(19(26)23-11)14(9-12-4-6-29-7-5-12)18(25)24-20-22-10-16(21)30-20/h8,10,12-14H,2-7,9H2,1H3,(H,23,26)(H,22,24,25). The molecule has 1 unspecified atom stereocenters. The number of pyridine rings is 1. The fourth-order valence-corrected chi connectivity index (χ4v) is 6.51. The van der Waals surface area contributed by atoms with Crippen molar-refractivity contribution in [1.82, 2.24) is 9.97 Å². The zero-order valence-corrected chi connectivity index (χ0v) is 18.7. The summed E-state index contributed by atoms with van der Waals surface area (Å²) in [6, 6.07) is 1.44. The van der Waals surface area contributed by atoms with Crippen molar-refractivity contribution in [3.8, 4) is 0 Å². The van der Waals surface area contributed by atoms with E-state index in [2.05, 4.69) is 15.3 Å². The molecule has 0 radical (unpaired) electrons. The first kappa shape index (κ1) is 22.1. The molecule has 31 heavy (non-hydrogen) atoms. The van der Waals surface area contributed by atoms with Gasteiger partial charge in [-0.15, -0.1) is 0 Å². The maximum Gasteiger partial charge on any atom is 0.253 e. The number of nitrogens with zero attached hydrogens (tertiary/aromatic N) is 1. The third-order valence-electron chi connectivity index (χ3n) is 5.72. The van der Waals surface area contributed by atoms with Crippen LogP contribution in [0.2, 0.25) is 0 Å². The van der Waals surface area contributed by atoms with Crippen molar-refractivity contribution in [3.63, 3.8) is 0 Å². The molecule has 1 saturated heterocycles. The number of hydrogen-bond acceptors (Lipinski definition) is 7. The average molecular weight is 470 g/mol. The highest BCUT2D eigenvalue weighted by Crippen LogP contribution is 2.38. The van der Waals surface area contributed by atoms with Crippen molar-refractivity contribution in [1.29, 1.82) is 0 Å². The van der Waals surface area contributed by atoms with Gasteiger partial charge in [0.15, 0.2) is 20.1 Å². The zero-order valence-electron chi connectivity index (χ0n) is 17.0. The minimum atomic E-state index is -3.73. The molecule has 8 nitrogen and oxygen atoms in total. The van der Waals surface area contributed by atoms with Gasteiger partial charge in [0, 0.05) is 24.5 Å². The number of rotatable bonds is 7. The first-order chi connectivity index (χ1) is 14.8. The van der Waals surface area contributed by atoms with Crippen LogP contribution in [0.25, 0.3) is 0 Å². The molecule has 3 heterocycles. The van der Waals surface area contributed by atoms with Crippen LogP contribution >= 0.6 is 11.3 Å². The summed E-state index contributed by atoms with van der Waals surface area (Å²) in [4.78, 5) is 32.6. The van der Waals surface area contributed by atoms with Crippen molar-refractivity contribution in [2.45, 2.75) is 55.1 Å². The van der Waals surface area contributed by atoms with E-state index in [1.807, 2.05) is 0 Å². The molecule has 1 aliphatic carbocycles. The van der Waals surface area contributed by atoms with Crippen molar-refractivity contribution in [3.05, 3.63) is 39.0 Å². The largest absolute Gasteiger partial charge is 0.381 e. The highest BCUT2D eigenvalue weighted by Gasteiger charge is 2.41. The molecular formula is C20H24FN3O5S2. The lowest BCUT2D eigenvalue weighted by Crippen LogP contribution is -2.32. The molecule has 2 aromatic rings. The van der Waals surface area contributed by atoms with Crippen LogP contribution in [0.5, 0.6) is 0 Å². The highest BCUT2D eigenvalue weighted by molar-refractivity contribution is 7.92. The summed E-state index contributed by atoms with van der Waals surface area (Å²) in [5, 5.41) is 1.56. The van der Waals surface area contributed by atoms with Crippen LogP contribution in [0.4, 0.5) is 9.52 Å². The van der Waals surface area contributed by atoms with Crippen molar-refractivity contribution < 1.29 is 22.3 Å². The van der Waals surface area contributed by atoms with E-state index in [0.29, 0.717) is 62.3 Å². The number of aromatic amines is 1. The second-order valence-corrected chi connectivity index (χ2v) is 11.3. The Kier molecular flexibility index (Phi) is 6.27. The number of halogens is 1. The van der Waals surface area contributed by atoms with E-state index in [1.54, 1.807) is 6.92 Å². The SMILES string of the molecule is Cc1cc(S(=O)(=O)C2CC2)c(C(CC2CCOCC2)C(=O)Nc2ncc(F)s2)c(=O)[nH]1. The second-order valence-electron chi connectivity index (χ2n) is 8.11. The molecule has 2 N–H and O–H groups in total. The van der Waals surface area contributed by atoms with Gasteiger partial charge >= 0.3 is 0 Å². The number of nitrogens with one attached hydrogen (secondary N) is 2. The number of aryl methyl sites for hydroxylation is 1. The number of H-pyrrole nitrogens is 1. The molecule has 4 rings (SSSR count). The number of carbonyl (C=O) groups is 1. The van der Waals surface area contributed by atoms with Crippen LogP contribution < -0.4 is 10.9 Å². The third kappa shape index (κ3) is 4.88. The van der Waals surface area contributed by atoms with Crippen molar-refractivity contribution in [2.75, 3.05) is 18.5 Å². The number of thiazole rings is 1. The molecule has 2 aliphatic rings. The predicted octanol–water partition coefficient (Wildman–Crippen LogP) is 2.75. The second kappa shape index (κ2) is 8.79. The summed E-state index contributed by atoms with van der Waals surface area (Å²) < 4.78 is 45.0. The molecule has 0 spiro atoms. The van der Waals surface area contributed by atoms with Gasteiger partial charge < -0.3 is 15.0 Å². The smallest absolute Gasteiger partial charge is 0.253 e. The first-order valence-corrected chi connectivity index (χ1v) is 12.6. The van der Waals surface area contributed by atoms with Gasteiger partial charge in [0.05, 0.1) is 22.3 Å². The Morgan fingerprint density at radius 1 is 1.35 bits per heavy atom. The molecule has 1 atom stereocenters. The lowest BCUT2D eigenvalue weighted by molar-refractivity contribution is -0.118. The van der Waals surface area contributed by atoms with Gasteiger partial charge in [-0.3, -0.25) is 9.59 Å². The number of amides is 1. The molecular weight excluding hydrogens is 445 g/mol. The Labute approximate surface area is 183 Å². The molecule has 2 aromatic heterocycles. The van der Waals surface area contributed by atoms with E-state index < -0.39 is 37.6 Å². The normalized spacial score (nSPS) is 18.6. The molecule has 11 heteroatoms. The lowest BCUT2D eigenvalue weighted by atomic mass is 9.84. The van der Waals surface area contributed by atoms with Gasteiger partial charge in [-0.1, -0.05) is 11.3 Å². The number of sulfone groups is 1. The van der Waals surface area contributed by atoms with E-state index in [4.69, 9.17) is 4.74 Å². The number of carbonyl (C=O) groups excluding carboxylic acids is 1. The maximum atomic E-state index is 13.4. The number of hydrogen-bond donors (Lipinski definition) is 2. The molecule has 1 aliphatic heterocycles. The zero-order chi connectivity index (χ0) is 22.2. The minimum absolute atomic E-state index is 0.0430. The van der Waals surface area contributed by atoms with Crippen LogP contribution in [-0.2, 0) is 19.4 Å².